The van der Waals surface area contributed by atoms with Crippen LogP contribution in [0.3, 0.4) is 0 Å². The number of nitrogens with zero attached hydrogens (tertiary/aromatic N) is 2. The summed E-state index contributed by atoms with van der Waals surface area (Å²) in [6.45, 7) is 2.11. The van der Waals surface area contributed by atoms with Crippen LogP contribution in [0.5, 0.6) is 5.75 Å². The van der Waals surface area contributed by atoms with Crippen molar-refractivity contribution in [2.24, 2.45) is 0 Å². The second-order valence-corrected chi connectivity index (χ2v) is 7.36. The molecule has 4 nitrogen and oxygen atoms in total. The van der Waals surface area contributed by atoms with E-state index < -0.39 is 0 Å². The standard InChI is InChI=1S/C25H18N2O2/c1-15-10-11-19-21(12-15)27-20(16-6-5-7-17(13-16)28-2)14-23-24(25(27)26-19)18-8-3-4-9-22(18)29-23/h3-14H,1-2H3. The summed E-state index contributed by atoms with van der Waals surface area (Å²) in [5.41, 5.74) is 7.96. The molecule has 3 aromatic heterocycles. The molecule has 0 amide bonds. The van der Waals surface area contributed by atoms with E-state index in [2.05, 4.69) is 47.7 Å². The zero-order chi connectivity index (χ0) is 19.5. The molecule has 0 saturated carbocycles. The monoisotopic (exact) mass is 378 g/mol. The SMILES string of the molecule is COc1cccc(-c2cc3oc4ccccc4c3c3nc4ccc(C)cc4n23)c1. The second kappa shape index (κ2) is 5.85. The van der Waals surface area contributed by atoms with Crippen molar-refractivity contribution in [3.05, 3.63) is 78.4 Å². The maximum Gasteiger partial charge on any atom is 0.150 e. The minimum absolute atomic E-state index is 0.820. The van der Waals surface area contributed by atoms with Crippen LogP contribution in [0.2, 0.25) is 0 Å². The van der Waals surface area contributed by atoms with Gasteiger partial charge in [-0.2, -0.15) is 0 Å². The number of aryl methyl sites for hydroxylation is 1. The van der Waals surface area contributed by atoms with E-state index in [9.17, 15) is 0 Å². The number of para-hydroxylation sites is 1. The fourth-order valence-corrected chi connectivity index (χ4v) is 4.18. The van der Waals surface area contributed by atoms with E-state index in [1.54, 1.807) is 7.11 Å². The Bertz CT molecular complexity index is 1560. The number of benzene rings is 3. The lowest BCUT2D eigenvalue weighted by molar-refractivity contribution is 0.415. The highest BCUT2D eigenvalue weighted by molar-refractivity contribution is 6.14. The van der Waals surface area contributed by atoms with Gasteiger partial charge in [0.25, 0.3) is 0 Å². The summed E-state index contributed by atoms with van der Waals surface area (Å²) in [6, 6.07) is 24.7. The van der Waals surface area contributed by atoms with E-state index in [1.165, 1.54) is 5.56 Å². The maximum absolute atomic E-state index is 6.21. The van der Waals surface area contributed by atoms with Gasteiger partial charge in [0.05, 0.1) is 29.2 Å². The van der Waals surface area contributed by atoms with Gasteiger partial charge in [-0.25, -0.2) is 4.98 Å². The third-order valence-electron chi connectivity index (χ3n) is 5.53. The Labute approximate surface area is 167 Å². The molecule has 0 radical (unpaired) electrons. The van der Waals surface area contributed by atoms with Crippen molar-refractivity contribution in [2.45, 2.75) is 6.92 Å². The van der Waals surface area contributed by atoms with Crippen molar-refractivity contribution in [3.8, 4) is 17.0 Å². The predicted octanol–water partition coefficient (Wildman–Crippen LogP) is 6.37. The first kappa shape index (κ1) is 16.2. The van der Waals surface area contributed by atoms with Crippen LogP contribution in [0, 0.1) is 6.92 Å². The highest BCUT2D eigenvalue weighted by atomic mass is 16.5. The number of ether oxygens (including phenoxy) is 1. The Balaban J connectivity index is 1.86. The highest BCUT2D eigenvalue weighted by Crippen LogP contribution is 2.38. The summed E-state index contributed by atoms with van der Waals surface area (Å²) in [7, 11) is 1.69. The topological polar surface area (TPSA) is 39.7 Å². The predicted molar refractivity (Wildman–Crippen MR) is 117 cm³/mol. The largest absolute Gasteiger partial charge is 0.497 e. The van der Waals surface area contributed by atoms with Crippen molar-refractivity contribution < 1.29 is 9.15 Å². The Morgan fingerprint density at radius 1 is 0.897 bits per heavy atom. The quantitative estimate of drug-likeness (QED) is 0.351. The van der Waals surface area contributed by atoms with Crippen molar-refractivity contribution in [1.82, 2.24) is 9.38 Å². The fourth-order valence-electron chi connectivity index (χ4n) is 4.18. The smallest absolute Gasteiger partial charge is 0.150 e. The molecule has 0 aliphatic carbocycles. The molecule has 0 unspecified atom stereocenters. The lowest BCUT2D eigenvalue weighted by Gasteiger charge is -2.09. The van der Waals surface area contributed by atoms with Gasteiger partial charge in [0.2, 0.25) is 0 Å². The summed E-state index contributed by atoms with van der Waals surface area (Å²) < 4.78 is 13.9. The van der Waals surface area contributed by atoms with Gasteiger partial charge in [-0.3, -0.25) is 4.40 Å². The molecule has 0 fully saturated rings. The average molecular weight is 378 g/mol. The number of hydrogen-bond donors (Lipinski definition) is 0. The number of rotatable bonds is 2. The van der Waals surface area contributed by atoms with Gasteiger partial charge in [0.1, 0.15) is 22.6 Å². The molecule has 0 spiro atoms. The zero-order valence-electron chi connectivity index (χ0n) is 16.1. The first-order valence-electron chi connectivity index (χ1n) is 9.60. The molecule has 4 heteroatoms. The van der Waals surface area contributed by atoms with Crippen LogP contribution in [0.15, 0.2) is 77.2 Å². The molecule has 0 aliphatic heterocycles. The van der Waals surface area contributed by atoms with E-state index in [1.807, 2.05) is 36.4 Å². The number of imidazole rings is 1. The van der Waals surface area contributed by atoms with Crippen LogP contribution in [-0.2, 0) is 0 Å². The summed E-state index contributed by atoms with van der Waals surface area (Å²) in [5, 5.41) is 2.12. The Morgan fingerprint density at radius 2 is 1.79 bits per heavy atom. The number of furan rings is 1. The zero-order valence-corrected chi connectivity index (χ0v) is 16.1. The number of methoxy groups -OCH3 is 1. The van der Waals surface area contributed by atoms with Crippen LogP contribution in [0.1, 0.15) is 5.56 Å². The third kappa shape index (κ3) is 2.29. The average Bonchev–Trinajstić information content (AvgIpc) is 3.31. The van der Waals surface area contributed by atoms with Crippen LogP contribution in [0.4, 0.5) is 0 Å². The number of pyridine rings is 1. The van der Waals surface area contributed by atoms with Crippen LogP contribution >= 0.6 is 0 Å². The van der Waals surface area contributed by atoms with E-state index in [4.69, 9.17) is 14.1 Å². The molecule has 3 heterocycles. The number of aromatic nitrogens is 2. The molecule has 140 valence electrons. The molecule has 29 heavy (non-hydrogen) atoms. The highest BCUT2D eigenvalue weighted by Gasteiger charge is 2.19. The normalized spacial score (nSPS) is 11.8. The number of fused-ring (bicyclic) bond motifs is 7. The van der Waals surface area contributed by atoms with Gasteiger partial charge in [-0.05, 0) is 42.8 Å². The Hall–Kier alpha value is -3.79. The first-order chi connectivity index (χ1) is 14.2. The third-order valence-corrected chi connectivity index (χ3v) is 5.53. The fraction of sp³-hybridized carbons (Fsp3) is 0.0800. The van der Waals surface area contributed by atoms with Crippen molar-refractivity contribution >= 4 is 38.6 Å². The van der Waals surface area contributed by atoms with Crippen LogP contribution in [0.25, 0.3) is 49.9 Å². The van der Waals surface area contributed by atoms with Gasteiger partial charge in [-0.1, -0.05) is 36.4 Å². The summed E-state index contributed by atoms with van der Waals surface area (Å²) in [5.74, 6) is 0.820. The van der Waals surface area contributed by atoms with Crippen molar-refractivity contribution in [3.63, 3.8) is 0 Å². The van der Waals surface area contributed by atoms with E-state index in [-0.39, 0.29) is 0 Å². The molecular formula is C25H18N2O2. The van der Waals surface area contributed by atoms with Gasteiger partial charge in [-0.15, -0.1) is 0 Å². The molecule has 0 bridgehead atoms. The summed E-state index contributed by atoms with van der Waals surface area (Å²) in [6.07, 6.45) is 0. The van der Waals surface area contributed by atoms with Crippen LogP contribution in [-0.4, -0.2) is 16.5 Å². The molecule has 0 saturated heterocycles. The second-order valence-electron chi connectivity index (χ2n) is 7.36. The van der Waals surface area contributed by atoms with Crippen molar-refractivity contribution in [1.29, 1.82) is 0 Å². The molecule has 0 aliphatic rings. The minimum Gasteiger partial charge on any atom is -0.497 e. The van der Waals surface area contributed by atoms with Gasteiger partial charge >= 0.3 is 0 Å². The minimum atomic E-state index is 0.820. The van der Waals surface area contributed by atoms with Crippen LogP contribution < -0.4 is 4.74 Å². The number of hydrogen-bond acceptors (Lipinski definition) is 3. The van der Waals surface area contributed by atoms with E-state index in [0.29, 0.717) is 0 Å². The lowest BCUT2D eigenvalue weighted by Crippen LogP contribution is -1.94. The van der Waals surface area contributed by atoms with E-state index >= 15 is 0 Å². The molecular weight excluding hydrogens is 360 g/mol. The van der Waals surface area contributed by atoms with Crippen molar-refractivity contribution in [2.75, 3.05) is 7.11 Å². The molecule has 3 aromatic carbocycles. The Morgan fingerprint density at radius 3 is 2.69 bits per heavy atom. The molecule has 0 N–H and O–H groups in total. The molecule has 0 atom stereocenters. The first-order valence-corrected chi connectivity index (χ1v) is 9.60. The van der Waals surface area contributed by atoms with Gasteiger partial charge in [0.15, 0.2) is 0 Å². The maximum atomic E-state index is 6.21. The molecule has 6 aromatic rings. The van der Waals surface area contributed by atoms with Gasteiger partial charge < -0.3 is 9.15 Å². The Kier molecular flexibility index (Phi) is 3.27. The van der Waals surface area contributed by atoms with Gasteiger partial charge in [0, 0.05) is 17.0 Å². The summed E-state index contributed by atoms with van der Waals surface area (Å²) >= 11 is 0. The summed E-state index contributed by atoms with van der Waals surface area (Å²) in [4.78, 5) is 5.01. The molecule has 6 rings (SSSR count). The van der Waals surface area contributed by atoms with E-state index in [0.717, 1.165) is 55.6 Å². The lowest BCUT2D eigenvalue weighted by atomic mass is 10.1.